The molecule has 1 aliphatic rings. The highest BCUT2D eigenvalue weighted by atomic mass is 16.2. The molecule has 0 atom stereocenters. The number of hydrogen-bond acceptors (Lipinski definition) is 5. The number of aromatic nitrogens is 4. The van der Waals surface area contributed by atoms with Crippen LogP contribution in [-0.4, -0.2) is 37.3 Å². The SMILES string of the molecule is CCCN1Cc2cc(-c3nnn(-c4cccnc4N)c3C)ccc2C1=O. The fraction of sp³-hybridized carbons (Fsp3) is 0.263. The molecule has 4 rings (SSSR count). The molecule has 0 fully saturated rings. The molecule has 0 radical (unpaired) electrons. The van der Waals surface area contributed by atoms with E-state index >= 15 is 0 Å². The molecule has 0 saturated carbocycles. The van der Waals surface area contributed by atoms with Crippen LogP contribution in [0.5, 0.6) is 0 Å². The summed E-state index contributed by atoms with van der Waals surface area (Å²) in [5, 5.41) is 8.58. The zero-order valence-electron chi connectivity index (χ0n) is 14.8. The summed E-state index contributed by atoms with van der Waals surface area (Å²) in [6.07, 6.45) is 2.60. The van der Waals surface area contributed by atoms with E-state index in [1.807, 2.05) is 42.2 Å². The van der Waals surface area contributed by atoms with Crippen LogP contribution in [0.2, 0.25) is 0 Å². The third kappa shape index (κ3) is 2.52. The van der Waals surface area contributed by atoms with Crippen LogP contribution in [0.4, 0.5) is 5.82 Å². The average Bonchev–Trinajstić information content (AvgIpc) is 3.16. The molecule has 0 spiro atoms. The van der Waals surface area contributed by atoms with Crippen molar-refractivity contribution in [3.05, 3.63) is 53.3 Å². The average molecular weight is 348 g/mol. The van der Waals surface area contributed by atoms with E-state index in [0.29, 0.717) is 18.1 Å². The van der Waals surface area contributed by atoms with Gasteiger partial charge in [0.25, 0.3) is 5.91 Å². The fourth-order valence-electron chi connectivity index (χ4n) is 3.39. The van der Waals surface area contributed by atoms with E-state index in [1.54, 1.807) is 10.9 Å². The first kappa shape index (κ1) is 16.3. The Hall–Kier alpha value is -3.22. The summed E-state index contributed by atoms with van der Waals surface area (Å²) < 4.78 is 1.69. The maximum Gasteiger partial charge on any atom is 0.254 e. The highest BCUT2D eigenvalue weighted by Crippen LogP contribution is 2.30. The molecule has 7 heteroatoms. The predicted molar refractivity (Wildman–Crippen MR) is 98.8 cm³/mol. The van der Waals surface area contributed by atoms with E-state index in [-0.39, 0.29) is 5.91 Å². The first-order valence-corrected chi connectivity index (χ1v) is 8.66. The summed E-state index contributed by atoms with van der Waals surface area (Å²) in [5.41, 5.74) is 11.1. The zero-order chi connectivity index (χ0) is 18.3. The van der Waals surface area contributed by atoms with Gasteiger partial charge in [-0.1, -0.05) is 18.2 Å². The van der Waals surface area contributed by atoms with E-state index in [4.69, 9.17) is 5.73 Å². The normalized spacial score (nSPS) is 13.3. The molecule has 1 aromatic carbocycles. The van der Waals surface area contributed by atoms with Crippen LogP contribution in [0, 0.1) is 6.92 Å². The monoisotopic (exact) mass is 348 g/mol. The van der Waals surface area contributed by atoms with E-state index in [1.165, 1.54) is 0 Å². The Morgan fingerprint density at radius 2 is 2.12 bits per heavy atom. The Balaban J connectivity index is 1.72. The number of benzene rings is 1. The second-order valence-corrected chi connectivity index (χ2v) is 6.44. The van der Waals surface area contributed by atoms with E-state index < -0.39 is 0 Å². The number of nitrogens with zero attached hydrogens (tertiary/aromatic N) is 5. The maximum absolute atomic E-state index is 12.4. The fourth-order valence-corrected chi connectivity index (χ4v) is 3.39. The van der Waals surface area contributed by atoms with Gasteiger partial charge in [0.1, 0.15) is 17.2 Å². The first-order chi connectivity index (χ1) is 12.6. The molecule has 3 aromatic rings. The Labute approximate surface area is 151 Å². The molecular weight excluding hydrogens is 328 g/mol. The number of fused-ring (bicyclic) bond motifs is 1. The molecule has 7 nitrogen and oxygen atoms in total. The molecule has 0 bridgehead atoms. The largest absolute Gasteiger partial charge is 0.382 e. The Bertz CT molecular complexity index is 993. The maximum atomic E-state index is 12.4. The molecule has 0 unspecified atom stereocenters. The van der Waals surface area contributed by atoms with Crippen molar-refractivity contribution in [1.29, 1.82) is 0 Å². The minimum absolute atomic E-state index is 0.108. The summed E-state index contributed by atoms with van der Waals surface area (Å²) in [4.78, 5) is 18.4. The van der Waals surface area contributed by atoms with Gasteiger partial charge in [-0.15, -0.1) is 5.10 Å². The van der Waals surface area contributed by atoms with Gasteiger partial charge < -0.3 is 10.6 Å². The summed E-state index contributed by atoms with van der Waals surface area (Å²) in [5.74, 6) is 0.513. The van der Waals surface area contributed by atoms with Crippen LogP contribution in [0.1, 0.15) is 35.0 Å². The Kier molecular flexibility index (Phi) is 3.91. The molecule has 0 saturated heterocycles. The molecule has 3 heterocycles. The van der Waals surface area contributed by atoms with Crippen LogP contribution < -0.4 is 5.73 Å². The van der Waals surface area contributed by atoms with Crippen LogP contribution in [-0.2, 0) is 6.54 Å². The minimum Gasteiger partial charge on any atom is -0.382 e. The molecule has 2 aromatic heterocycles. The van der Waals surface area contributed by atoms with E-state index in [0.717, 1.165) is 41.0 Å². The van der Waals surface area contributed by atoms with Crippen molar-refractivity contribution in [2.45, 2.75) is 26.8 Å². The zero-order valence-corrected chi connectivity index (χ0v) is 14.8. The number of carbonyl (C=O) groups excluding carboxylic acids is 1. The number of amides is 1. The molecule has 0 aliphatic carbocycles. The second kappa shape index (κ2) is 6.25. The summed E-state index contributed by atoms with van der Waals surface area (Å²) in [6, 6.07) is 9.53. The van der Waals surface area contributed by atoms with Gasteiger partial charge in [0.15, 0.2) is 0 Å². The van der Waals surface area contributed by atoms with Gasteiger partial charge in [-0.25, -0.2) is 9.67 Å². The Morgan fingerprint density at radius 3 is 2.88 bits per heavy atom. The number of anilines is 1. The number of nitrogens with two attached hydrogens (primary N) is 1. The smallest absolute Gasteiger partial charge is 0.254 e. The number of nitrogen functional groups attached to an aromatic ring is 1. The number of rotatable bonds is 4. The van der Waals surface area contributed by atoms with Crippen LogP contribution in [0.3, 0.4) is 0 Å². The van der Waals surface area contributed by atoms with Gasteiger partial charge in [0, 0.05) is 30.4 Å². The lowest BCUT2D eigenvalue weighted by Gasteiger charge is -2.13. The molecule has 2 N–H and O–H groups in total. The van der Waals surface area contributed by atoms with E-state index in [2.05, 4.69) is 22.2 Å². The highest BCUT2D eigenvalue weighted by Gasteiger charge is 2.27. The van der Waals surface area contributed by atoms with Crippen molar-refractivity contribution in [1.82, 2.24) is 24.9 Å². The van der Waals surface area contributed by atoms with Crippen LogP contribution in [0.15, 0.2) is 36.5 Å². The first-order valence-electron chi connectivity index (χ1n) is 8.66. The van der Waals surface area contributed by atoms with Crippen molar-refractivity contribution in [2.24, 2.45) is 0 Å². The summed E-state index contributed by atoms with van der Waals surface area (Å²) in [6.45, 7) is 5.45. The predicted octanol–water partition coefficient (Wildman–Crippen LogP) is 2.59. The van der Waals surface area contributed by atoms with Gasteiger partial charge in [0.05, 0.1) is 5.69 Å². The quantitative estimate of drug-likeness (QED) is 0.783. The third-order valence-electron chi connectivity index (χ3n) is 4.69. The molecular formula is C19H20N6O. The lowest BCUT2D eigenvalue weighted by atomic mass is 10.0. The lowest BCUT2D eigenvalue weighted by molar-refractivity contribution is 0.0778. The molecule has 1 amide bonds. The summed E-state index contributed by atoms with van der Waals surface area (Å²) in [7, 11) is 0. The third-order valence-corrected chi connectivity index (χ3v) is 4.69. The van der Waals surface area contributed by atoms with Gasteiger partial charge >= 0.3 is 0 Å². The van der Waals surface area contributed by atoms with Crippen LogP contribution >= 0.6 is 0 Å². The number of hydrogen-bond donors (Lipinski definition) is 1. The molecule has 26 heavy (non-hydrogen) atoms. The van der Waals surface area contributed by atoms with Gasteiger partial charge in [0.2, 0.25) is 0 Å². The van der Waals surface area contributed by atoms with Crippen LogP contribution in [0.25, 0.3) is 16.9 Å². The topological polar surface area (TPSA) is 89.9 Å². The van der Waals surface area contributed by atoms with E-state index in [9.17, 15) is 4.79 Å². The Morgan fingerprint density at radius 1 is 1.27 bits per heavy atom. The van der Waals surface area contributed by atoms with Gasteiger partial charge in [-0.05, 0) is 43.2 Å². The summed E-state index contributed by atoms with van der Waals surface area (Å²) >= 11 is 0. The standard InChI is InChI=1S/C19H20N6O/c1-3-9-24-11-14-10-13(6-7-15(14)19(24)26)17-12(2)25(23-22-17)16-5-4-8-21-18(16)20/h4-8,10H,3,9,11H2,1-2H3,(H2,20,21). The van der Waals surface area contributed by atoms with Crippen molar-refractivity contribution >= 4 is 11.7 Å². The minimum atomic E-state index is 0.108. The second-order valence-electron chi connectivity index (χ2n) is 6.44. The van der Waals surface area contributed by atoms with Crippen molar-refractivity contribution < 1.29 is 4.79 Å². The van der Waals surface area contributed by atoms with Gasteiger partial charge in [-0.3, -0.25) is 4.79 Å². The number of carbonyl (C=O) groups is 1. The lowest BCUT2D eigenvalue weighted by Crippen LogP contribution is -2.24. The number of pyridine rings is 1. The van der Waals surface area contributed by atoms with Crippen molar-refractivity contribution in [3.8, 4) is 16.9 Å². The van der Waals surface area contributed by atoms with Crippen molar-refractivity contribution in [3.63, 3.8) is 0 Å². The molecule has 1 aliphatic heterocycles. The molecule has 132 valence electrons. The van der Waals surface area contributed by atoms with Gasteiger partial charge in [-0.2, -0.15) is 0 Å². The highest BCUT2D eigenvalue weighted by molar-refractivity contribution is 5.99. The van der Waals surface area contributed by atoms with Crippen molar-refractivity contribution in [2.75, 3.05) is 12.3 Å².